The van der Waals surface area contributed by atoms with Gasteiger partial charge in [0.25, 0.3) is 6.47 Å². The van der Waals surface area contributed by atoms with Crippen molar-refractivity contribution in [2.24, 2.45) is 0 Å². The number of hydrogen-bond acceptors (Lipinski definition) is 5. The normalized spacial score (nSPS) is 21.6. The molecule has 0 aliphatic carbocycles. The minimum Gasteiger partial charge on any atom is -0.483 e. The van der Waals surface area contributed by atoms with Crippen LogP contribution in [0, 0.1) is 0 Å². The summed E-state index contributed by atoms with van der Waals surface area (Å²) in [5, 5.41) is 6.89. The second kappa shape index (κ2) is 11.5. The van der Waals surface area contributed by atoms with Crippen molar-refractivity contribution in [3.8, 4) is 0 Å². The third-order valence-corrected chi connectivity index (χ3v) is 6.97. The molecule has 1 N–H and O–H groups in total. The summed E-state index contributed by atoms with van der Waals surface area (Å²) in [6.45, 7) is 3.41. The van der Waals surface area contributed by atoms with Crippen LogP contribution in [0.1, 0.15) is 44.9 Å². The zero-order chi connectivity index (χ0) is 19.6. The number of carboxylic acid groups (broad SMARTS) is 1. The minimum absolute atomic E-state index is 0.216. The number of amides is 1. The Hall–Kier alpha value is -1.19. The van der Waals surface area contributed by atoms with Gasteiger partial charge in [0, 0.05) is 39.6 Å². The summed E-state index contributed by atoms with van der Waals surface area (Å²) in [6.07, 6.45) is 7.01. The largest absolute Gasteiger partial charge is 0.483 e. The maximum atomic E-state index is 11.9. The third-order valence-electron chi connectivity index (χ3n) is 5.06. The maximum absolute atomic E-state index is 11.9. The lowest BCUT2D eigenvalue weighted by Gasteiger charge is -2.36. The van der Waals surface area contributed by atoms with Crippen molar-refractivity contribution in [1.82, 2.24) is 14.1 Å². The second-order valence-electron chi connectivity index (χ2n) is 7.02. The first kappa shape index (κ1) is 22.9. The Morgan fingerprint density at radius 2 is 1.88 bits per heavy atom. The van der Waals surface area contributed by atoms with Crippen molar-refractivity contribution in [2.75, 3.05) is 46.0 Å². The summed E-state index contributed by atoms with van der Waals surface area (Å²) in [5.74, 6) is 0.512. The molecule has 1 amide bonds. The molecule has 2 fully saturated rings. The van der Waals surface area contributed by atoms with E-state index in [1.807, 2.05) is 4.90 Å². The molecule has 2 saturated heterocycles. The van der Waals surface area contributed by atoms with E-state index < -0.39 is 10.0 Å². The zero-order valence-electron chi connectivity index (χ0n) is 16.0. The van der Waals surface area contributed by atoms with Crippen LogP contribution in [0.25, 0.3) is 0 Å². The lowest BCUT2D eigenvalue weighted by atomic mass is 9.99. The molecule has 9 heteroatoms. The molecule has 0 bridgehead atoms. The molecule has 2 rings (SSSR count). The van der Waals surface area contributed by atoms with Gasteiger partial charge in [-0.25, -0.2) is 12.7 Å². The van der Waals surface area contributed by atoms with E-state index in [2.05, 4.69) is 4.90 Å². The number of likely N-dealkylation sites (tertiary alicyclic amines) is 2. The average Bonchev–Trinajstić information content (AvgIpc) is 2.99. The van der Waals surface area contributed by atoms with Crippen LogP contribution in [0.3, 0.4) is 0 Å². The van der Waals surface area contributed by atoms with Crippen LogP contribution in [-0.4, -0.2) is 92.1 Å². The summed E-state index contributed by atoms with van der Waals surface area (Å²) >= 11 is 0. The molecule has 1 unspecified atom stereocenters. The van der Waals surface area contributed by atoms with Crippen molar-refractivity contribution in [1.29, 1.82) is 0 Å². The van der Waals surface area contributed by atoms with Crippen LogP contribution < -0.4 is 0 Å². The molecule has 152 valence electrons. The monoisotopic (exact) mass is 391 g/mol. The van der Waals surface area contributed by atoms with Gasteiger partial charge in [-0.15, -0.1) is 0 Å². The zero-order valence-corrected chi connectivity index (χ0v) is 16.8. The van der Waals surface area contributed by atoms with Crippen LogP contribution in [0.4, 0.5) is 0 Å². The Morgan fingerprint density at radius 1 is 1.19 bits per heavy atom. The Morgan fingerprint density at radius 3 is 2.46 bits per heavy atom. The fraction of sp³-hybridized carbons (Fsp3) is 0.882. The van der Waals surface area contributed by atoms with Crippen molar-refractivity contribution in [3.05, 3.63) is 0 Å². The van der Waals surface area contributed by atoms with Crippen molar-refractivity contribution in [3.63, 3.8) is 0 Å². The summed E-state index contributed by atoms with van der Waals surface area (Å²) < 4.78 is 25.0. The van der Waals surface area contributed by atoms with Gasteiger partial charge in [-0.05, 0) is 45.2 Å². The number of rotatable bonds is 8. The Kier molecular flexibility index (Phi) is 10.1. The molecule has 2 aliphatic heterocycles. The van der Waals surface area contributed by atoms with Gasteiger partial charge >= 0.3 is 0 Å². The van der Waals surface area contributed by atoms with Gasteiger partial charge in [0.1, 0.15) is 0 Å². The van der Waals surface area contributed by atoms with Crippen molar-refractivity contribution in [2.45, 2.75) is 51.0 Å². The molecule has 0 spiro atoms. The number of piperidine rings is 1. The van der Waals surface area contributed by atoms with Crippen LogP contribution >= 0.6 is 0 Å². The maximum Gasteiger partial charge on any atom is 0.290 e. The van der Waals surface area contributed by atoms with E-state index in [4.69, 9.17) is 9.90 Å². The highest BCUT2D eigenvalue weighted by molar-refractivity contribution is 7.89. The Bertz CT molecular complexity index is 539. The van der Waals surface area contributed by atoms with Crippen LogP contribution in [0.15, 0.2) is 0 Å². The Labute approximate surface area is 157 Å². The van der Waals surface area contributed by atoms with Crippen LogP contribution in [0.2, 0.25) is 0 Å². The van der Waals surface area contributed by atoms with Gasteiger partial charge in [0.15, 0.2) is 0 Å². The fourth-order valence-electron chi connectivity index (χ4n) is 3.56. The highest BCUT2D eigenvalue weighted by Gasteiger charge is 2.26. The topological polar surface area (TPSA) is 98.2 Å². The molecule has 0 aromatic heterocycles. The van der Waals surface area contributed by atoms with Crippen LogP contribution in [0.5, 0.6) is 0 Å². The fourth-order valence-corrected chi connectivity index (χ4v) is 4.42. The average molecular weight is 392 g/mol. The molecule has 8 nitrogen and oxygen atoms in total. The predicted molar refractivity (Wildman–Crippen MR) is 100 cm³/mol. The van der Waals surface area contributed by atoms with E-state index in [0.29, 0.717) is 24.8 Å². The highest BCUT2D eigenvalue weighted by Crippen LogP contribution is 2.21. The van der Waals surface area contributed by atoms with Crippen molar-refractivity contribution >= 4 is 22.4 Å². The number of sulfonamides is 1. The molecule has 0 aromatic carbocycles. The summed E-state index contributed by atoms with van der Waals surface area (Å²) in [5.41, 5.74) is 0. The quantitative estimate of drug-likeness (QED) is 0.616. The predicted octanol–water partition coefficient (Wildman–Crippen LogP) is 0.836. The molecule has 0 saturated carbocycles. The third kappa shape index (κ3) is 7.59. The van der Waals surface area contributed by atoms with E-state index in [1.165, 1.54) is 23.6 Å². The van der Waals surface area contributed by atoms with Gasteiger partial charge in [0.2, 0.25) is 15.9 Å². The summed E-state index contributed by atoms with van der Waals surface area (Å²) in [7, 11) is 0.0834. The van der Waals surface area contributed by atoms with Crippen molar-refractivity contribution < 1.29 is 23.1 Å². The lowest BCUT2D eigenvalue weighted by molar-refractivity contribution is -0.128. The SMILES string of the molecule is CN(C)S(=O)(=O)CCCN1CCCCC1CCN1CCCC1=O.O=CO. The lowest BCUT2D eigenvalue weighted by Crippen LogP contribution is -2.43. The summed E-state index contributed by atoms with van der Waals surface area (Å²) in [6, 6.07) is 0.499. The number of carbonyl (C=O) groups is 2. The van der Waals surface area contributed by atoms with Gasteiger partial charge in [-0.2, -0.15) is 0 Å². The standard InChI is InChI=1S/C16H31N3O3S.CH2O2/c1-17(2)23(21,22)14-6-12-18-10-4-3-7-15(18)9-13-19-11-5-8-16(19)20;2-1-3/h15H,3-14H2,1-2H3;1H,(H,2,3). The molecular weight excluding hydrogens is 358 g/mol. The minimum atomic E-state index is -3.10. The number of nitrogens with zero attached hydrogens (tertiary/aromatic N) is 3. The molecule has 0 aromatic rings. The second-order valence-corrected chi connectivity index (χ2v) is 9.32. The van der Waals surface area contributed by atoms with E-state index in [0.717, 1.165) is 39.0 Å². The van der Waals surface area contributed by atoms with Gasteiger partial charge in [0.05, 0.1) is 5.75 Å². The van der Waals surface area contributed by atoms with E-state index in [9.17, 15) is 13.2 Å². The first-order chi connectivity index (χ1) is 12.3. The smallest absolute Gasteiger partial charge is 0.290 e. The molecule has 0 radical (unpaired) electrons. The van der Waals surface area contributed by atoms with E-state index in [1.54, 1.807) is 14.1 Å². The first-order valence-electron chi connectivity index (χ1n) is 9.31. The van der Waals surface area contributed by atoms with Crippen LogP contribution in [-0.2, 0) is 19.6 Å². The first-order valence-corrected chi connectivity index (χ1v) is 10.9. The highest BCUT2D eigenvalue weighted by atomic mass is 32.2. The number of carbonyl (C=O) groups excluding carboxylic acids is 1. The number of hydrogen-bond donors (Lipinski definition) is 1. The molecule has 2 heterocycles. The van der Waals surface area contributed by atoms with Gasteiger partial charge in [-0.3, -0.25) is 9.59 Å². The molecular formula is C17H33N3O5S. The molecule has 2 aliphatic rings. The van der Waals surface area contributed by atoms with Gasteiger partial charge < -0.3 is 14.9 Å². The van der Waals surface area contributed by atoms with E-state index >= 15 is 0 Å². The van der Waals surface area contributed by atoms with Gasteiger partial charge in [-0.1, -0.05) is 6.42 Å². The summed E-state index contributed by atoms with van der Waals surface area (Å²) in [4.78, 5) is 24.5. The molecule has 1 atom stereocenters. The van der Waals surface area contributed by atoms with E-state index in [-0.39, 0.29) is 12.2 Å². The Balaban J connectivity index is 0.00000105. The molecule has 26 heavy (non-hydrogen) atoms.